The van der Waals surface area contributed by atoms with Gasteiger partial charge in [0.2, 0.25) is 0 Å². The highest BCUT2D eigenvalue weighted by atomic mass is 16.5. The van der Waals surface area contributed by atoms with Crippen molar-refractivity contribution < 1.29 is 19.1 Å². The average molecular weight is 207 g/mol. The fraction of sp³-hybridized carbons (Fsp3) is 0.273. The molecule has 0 aliphatic heterocycles. The van der Waals surface area contributed by atoms with Crippen LogP contribution in [0.15, 0.2) is 24.3 Å². The molecule has 15 heavy (non-hydrogen) atoms. The zero-order valence-corrected chi connectivity index (χ0v) is 8.36. The number of benzene rings is 1. The van der Waals surface area contributed by atoms with E-state index in [0.29, 0.717) is 17.7 Å². The van der Waals surface area contributed by atoms with E-state index in [4.69, 9.17) is 4.74 Å². The van der Waals surface area contributed by atoms with E-state index in [2.05, 4.69) is 4.74 Å². The summed E-state index contributed by atoms with van der Waals surface area (Å²) in [4.78, 5) is 21.4. The lowest BCUT2D eigenvalue weighted by Crippen LogP contribution is -2.08. The monoisotopic (exact) mass is 207 g/mol. The lowest BCUT2D eigenvalue weighted by molar-refractivity contribution is 0.0523. The van der Waals surface area contributed by atoms with Crippen molar-refractivity contribution in [3.63, 3.8) is 0 Å². The lowest BCUT2D eigenvalue weighted by atomic mass is 10.1. The summed E-state index contributed by atoms with van der Waals surface area (Å²) in [6.07, 6.45) is 0. The fourth-order valence-corrected chi connectivity index (χ4v) is 1.16. The molecule has 1 aromatic carbocycles. The Morgan fingerprint density at radius 1 is 1.40 bits per heavy atom. The van der Waals surface area contributed by atoms with Gasteiger partial charge >= 0.3 is 12.4 Å². The zero-order valence-electron chi connectivity index (χ0n) is 8.36. The van der Waals surface area contributed by atoms with Crippen LogP contribution in [-0.4, -0.2) is 19.0 Å². The summed E-state index contributed by atoms with van der Waals surface area (Å²) < 4.78 is 9.33. The molecule has 0 fully saturated rings. The minimum Gasteiger partial charge on any atom is -0.462 e. The summed E-state index contributed by atoms with van der Waals surface area (Å²) in [5, 5.41) is 0. The molecule has 0 amide bonds. The van der Waals surface area contributed by atoms with Gasteiger partial charge in [-0.2, -0.15) is 0 Å². The number of ether oxygens (including phenoxy) is 2. The van der Waals surface area contributed by atoms with Crippen molar-refractivity contribution in [3.05, 3.63) is 35.4 Å². The maximum atomic E-state index is 11.5. The van der Waals surface area contributed by atoms with Gasteiger partial charge in [0.05, 0.1) is 12.2 Å². The molecule has 0 aliphatic carbocycles. The third-order valence-electron chi connectivity index (χ3n) is 1.80. The van der Waals surface area contributed by atoms with Crippen molar-refractivity contribution in [3.8, 4) is 0 Å². The molecule has 1 radical (unpaired) electrons. The first kappa shape index (κ1) is 11.2. The summed E-state index contributed by atoms with van der Waals surface area (Å²) in [5.41, 5.74) is 1.02. The minimum absolute atomic E-state index is 0.0263. The van der Waals surface area contributed by atoms with Crippen LogP contribution in [0.3, 0.4) is 0 Å². The van der Waals surface area contributed by atoms with Crippen LogP contribution in [0.25, 0.3) is 0 Å². The summed E-state index contributed by atoms with van der Waals surface area (Å²) in [5.74, 6) is -0.414. The van der Waals surface area contributed by atoms with E-state index in [1.54, 1.807) is 31.2 Å². The van der Waals surface area contributed by atoms with Gasteiger partial charge in [-0.15, -0.1) is 0 Å². The molecule has 0 saturated carbocycles. The smallest absolute Gasteiger partial charge is 0.417 e. The van der Waals surface area contributed by atoms with Crippen LogP contribution in [0.1, 0.15) is 22.8 Å². The molecule has 4 nitrogen and oxygen atoms in total. The molecular formula is C11H11O4. The number of carbonyl (C=O) groups is 1. The zero-order chi connectivity index (χ0) is 11.1. The van der Waals surface area contributed by atoms with E-state index in [0.717, 1.165) is 0 Å². The van der Waals surface area contributed by atoms with Gasteiger partial charge in [-0.05, 0) is 13.0 Å². The van der Waals surface area contributed by atoms with Crippen LogP contribution in [0, 0.1) is 0 Å². The Balaban J connectivity index is 2.85. The van der Waals surface area contributed by atoms with Gasteiger partial charge in [0, 0.05) is 5.56 Å². The predicted octanol–water partition coefficient (Wildman–Crippen LogP) is 1.45. The van der Waals surface area contributed by atoms with Crippen LogP contribution in [0.2, 0.25) is 0 Å². The number of esters is 1. The summed E-state index contributed by atoms with van der Waals surface area (Å²) in [7, 11) is 0. The summed E-state index contributed by atoms with van der Waals surface area (Å²) >= 11 is 0. The van der Waals surface area contributed by atoms with Gasteiger partial charge in [-0.25, -0.2) is 9.59 Å². The first-order valence-corrected chi connectivity index (χ1v) is 4.53. The number of hydrogen-bond donors (Lipinski definition) is 0. The van der Waals surface area contributed by atoms with Crippen LogP contribution in [-0.2, 0) is 20.9 Å². The normalized spacial score (nSPS) is 9.40. The molecular weight excluding hydrogens is 196 g/mol. The van der Waals surface area contributed by atoms with Crippen LogP contribution in [0.4, 0.5) is 0 Å². The largest absolute Gasteiger partial charge is 0.462 e. The van der Waals surface area contributed by atoms with Gasteiger partial charge in [0.15, 0.2) is 0 Å². The van der Waals surface area contributed by atoms with Gasteiger partial charge < -0.3 is 9.47 Å². The Labute approximate surface area is 87.8 Å². The molecule has 0 saturated heterocycles. The van der Waals surface area contributed by atoms with E-state index in [1.807, 2.05) is 0 Å². The molecule has 0 aliphatic rings. The molecule has 0 aromatic heterocycles. The molecule has 0 spiro atoms. The molecule has 0 bridgehead atoms. The van der Waals surface area contributed by atoms with Crippen LogP contribution in [0.5, 0.6) is 0 Å². The Bertz CT molecular complexity index is 346. The second kappa shape index (κ2) is 5.80. The Morgan fingerprint density at radius 3 is 2.80 bits per heavy atom. The van der Waals surface area contributed by atoms with E-state index in [9.17, 15) is 9.59 Å². The van der Waals surface area contributed by atoms with Crippen LogP contribution < -0.4 is 0 Å². The standard InChI is InChI=1S/C11H11O4/c1-2-15-11(13)10-6-4-3-5-9(10)7-14-8-12/h3-6H,2,7H2,1H3. The highest BCUT2D eigenvalue weighted by Gasteiger charge is 2.11. The molecule has 0 N–H and O–H groups in total. The van der Waals surface area contributed by atoms with E-state index in [-0.39, 0.29) is 6.61 Å². The van der Waals surface area contributed by atoms with Crippen molar-refractivity contribution in [2.75, 3.05) is 6.61 Å². The minimum atomic E-state index is -0.414. The van der Waals surface area contributed by atoms with E-state index >= 15 is 0 Å². The predicted molar refractivity (Wildman–Crippen MR) is 52.9 cm³/mol. The van der Waals surface area contributed by atoms with E-state index in [1.165, 1.54) is 6.47 Å². The first-order chi connectivity index (χ1) is 7.29. The van der Waals surface area contributed by atoms with Gasteiger partial charge in [0.25, 0.3) is 0 Å². The SMILES string of the molecule is CCOC(=O)c1ccccc1CO[C]=O. The van der Waals surface area contributed by atoms with Crippen molar-refractivity contribution >= 4 is 12.4 Å². The van der Waals surface area contributed by atoms with Crippen molar-refractivity contribution in [1.29, 1.82) is 0 Å². The molecule has 1 aromatic rings. The van der Waals surface area contributed by atoms with E-state index < -0.39 is 5.97 Å². The maximum absolute atomic E-state index is 11.5. The molecule has 0 heterocycles. The van der Waals surface area contributed by atoms with Gasteiger partial charge in [-0.3, -0.25) is 0 Å². The summed E-state index contributed by atoms with van der Waals surface area (Å²) in [6, 6.07) is 6.80. The molecule has 0 unspecified atom stereocenters. The quantitative estimate of drug-likeness (QED) is 0.685. The van der Waals surface area contributed by atoms with Crippen LogP contribution >= 0.6 is 0 Å². The molecule has 0 atom stereocenters. The molecule has 4 heteroatoms. The number of carbonyl (C=O) groups excluding carboxylic acids is 2. The topological polar surface area (TPSA) is 52.6 Å². The van der Waals surface area contributed by atoms with Crippen molar-refractivity contribution in [1.82, 2.24) is 0 Å². The second-order valence-electron chi connectivity index (χ2n) is 2.75. The molecule has 1 rings (SSSR count). The maximum Gasteiger partial charge on any atom is 0.417 e. The first-order valence-electron chi connectivity index (χ1n) is 4.53. The Morgan fingerprint density at radius 2 is 2.13 bits per heavy atom. The number of hydrogen-bond acceptors (Lipinski definition) is 4. The third-order valence-corrected chi connectivity index (χ3v) is 1.80. The van der Waals surface area contributed by atoms with Gasteiger partial charge in [0.1, 0.15) is 6.61 Å². The highest BCUT2D eigenvalue weighted by molar-refractivity contribution is 5.91. The van der Waals surface area contributed by atoms with Crippen molar-refractivity contribution in [2.24, 2.45) is 0 Å². The fourth-order valence-electron chi connectivity index (χ4n) is 1.16. The highest BCUT2D eigenvalue weighted by Crippen LogP contribution is 2.11. The lowest BCUT2D eigenvalue weighted by Gasteiger charge is -2.06. The van der Waals surface area contributed by atoms with Gasteiger partial charge in [-0.1, -0.05) is 18.2 Å². The second-order valence-corrected chi connectivity index (χ2v) is 2.75. The average Bonchev–Trinajstić information content (AvgIpc) is 2.27. The summed E-state index contributed by atoms with van der Waals surface area (Å²) in [6.45, 7) is 3.38. The Kier molecular flexibility index (Phi) is 4.34. The molecule has 79 valence electrons. The third kappa shape index (κ3) is 3.09. The van der Waals surface area contributed by atoms with Crippen molar-refractivity contribution in [2.45, 2.75) is 13.5 Å². The number of rotatable bonds is 5. The Hall–Kier alpha value is -1.84.